The Morgan fingerprint density at radius 3 is 2.29 bits per heavy atom. The first-order chi connectivity index (χ1) is 6.76. The fourth-order valence-corrected chi connectivity index (χ4v) is 1.81. The van der Waals surface area contributed by atoms with E-state index >= 15 is 0 Å². The largest absolute Gasteiger partial charge is 0.207 e. The summed E-state index contributed by atoms with van der Waals surface area (Å²) in [5.41, 5.74) is 1.26. The maximum absolute atomic E-state index is 12.7. The number of rotatable bonds is 5. The molecule has 0 fully saturated rings. The van der Waals surface area contributed by atoms with Crippen molar-refractivity contribution in [3.8, 4) is 0 Å². The molecule has 1 rings (SSSR count). The lowest BCUT2D eigenvalue weighted by Crippen LogP contribution is -2.02. The molecule has 0 radical (unpaired) electrons. The molecule has 78 valence electrons. The average Bonchev–Trinajstić information content (AvgIpc) is 2.20. The van der Waals surface area contributed by atoms with Crippen LogP contribution in [0, 0.1) is 11.7 Å². The molecule has 0 aliphatic carbocycles. The molecule has 0 aliphatic heterocycles. The minimum absolute atomic E-state index is 0.141. The number of hydrogen-bond donors (Lipinski definition) is 0. The topological polar surface area (TPSA) is 0 Å². The Hall–Kier alpha value is -0.850. The van der Waals surface area contributed by atoms with Crippen LogP contribution in [0.4, 0.5) is 4.39 Å². The first-order valence-corrected chi connectivity index (χ1v) is 5.50. The van der Waals surface area contributed by atoms with Gasteiger partial charge in [-0.05, 0) is 30.0 Å². The summed E-state index contributed by atoms with van der Waals surface area (Å²) in [6.45, 7) is 4.44. The predicted octanol–water partition coefficient (Wildman–Crippen LogP) is 4.19. The third kappa shape index (κ3) is 3.49. The molecule has 0 bridgehead atoms. The predicted molar refractivity (Wildman–Crippen MR) is 58.8 cm³/mol. The quantitative estimate of drug-likeness (QED) is 0.659. The lowest BCUT2D eigenvalue weighted by Gasteiger charge is -2.13. The minimum atomic E-state index is -0.141. The molecule has 1 unspecified atom stereocenters. The van der Waals surface area contributed by atoms with E-state index in [1.807, 2.05) is 12.1 Å². The highest BCUT2D eigenvalue weighted by Gasteiger charge is 2.05. The third-order valence-electron chi connectivity index (χ3n) is 2.71. The summed E-state index contributed by atoms with van der Waals surface area (Å²) >= 11 is 0. The van der Waals surface area contributed by atoms with Gasteiger partial charge in [-0.15, -0.1) is 0 Å². The Bertz CT molecular complexity index is 250. The average molecular weight is 194 g/mol. The van der Waals surface area contributed by atoms with Crippen molar-refractivity contribution in [2.75, 3.05) is 0 Å². The van der Waals surface area contributed by atoms with E-state index in [0.29, 0.717) is 0 Å². The normalized spacial score (nSPS) is 12.8. The summed E-state index contributed by atoms with van der Waals surface area (Å²) in [5, 5.41) is 0. The van der Waals surface area contributed by atoms with E-state index in [1.165, 1.54) is 24.8 Å². The summed E-state index contributed by atoms with van der Waals surface area (Å²) in [6, 6.07) is 6.89. The van der Waals surface area contributed by atoms with Crippen LogP contribution in [-0.2, 0) is 6.42 Å². The molecule has 0 saturated carbocycles. The molecule has 0 saturated heterocycles. The molecule has 1 heteroatoms. The number of hydrogen-bond acceptors (Lipinski definition) is 0. The maximum Gasteiger partial charge on any atom is 0.123 e. The van der Waals surface area contributed by atoms with E-state index in [2.05, 4.69) is 13.8 Å². The SMILES string of the molecule is CCCC(CC)Cc1ccc(F)cc1. The first kappa shape index (κ1) is 11.2. The minimum Gasteiger partial charge on any atom is -0.207 e. The van der Waals surface area contributed by atoms with Crippen LogP contribution >= 0.6 is 0 Å². The van der Waals surface area contributed by atoms with Crippen LogP contribution in [-0.4, -0.2) is 0 Å². The zero-order chi connectivity index (χ0) is 10.4. The lowest BCUT2D eigenvalue weighted by atomic mass is 9.93. The molecule has 0 nitrogen and oxygen atoms in total. The monoisotopic (exact) mass is 194 g/mol. The highest BCUT2D eigenvalue weighted by molar-refractivity contribution is 5.16. The van der Waals surface area contributed by atoms with Crippen molar-refractivity contribution in [1.82, 2.24) is 0 Å². The third-order valence-corrected chi connectivity index (χ3v) is 2.71. The fraction of sp³-hybridized carbons (Fsp3) is 0.538. The summed E-state index contributed by atoms with van der Waals surface area (Å²) in [6.07, 6.45) is 4.81. The summed E-state index contributed by atoms with van der Waals surface area (Å²) in [4.78, 5) is 0. The van der Waals surface area contributed by atoms with Crippen molar-refractivity contribution < 1.29 is 4.39 Å². The van der Waals surface area contributed by atoms with E-state index in [1.54, 1.807) is 12.1 Å². The van der Waals surface area contributed by atoms with Gasteiger partial charge in [-0.3, -0.25) is 0 Å². The molecule has 0 spiro atoms. The molecule has 1 aromatic rings. The van der Waals surface area contributed by atoms with Gasteiger partial charge in [-0.1, -0.05) is 45.2 Å². The van der Waals surface area contributed by atoms with Crippen LogP contribution in [0.2, 0.25) is 0 Å². The molecule has 0 N–H and O–H groups in total. The Morgan fingerprint density at radius 1 is 1.14 bits per heavy atom. The molecule has 0 heterocycles. The van der Waals surface area contributed by atoms with Crippen molar-refractivity contribution in [2.24, 2.45) is 5.92 Å². The van der Waals surface area contributed by atoms with Crippen LogP contribution in [0.15, 0.2) is 24.3 Å². The zero-order valence-corrected chi connectivity index (χ0v) is 9.09. The second-order valence-electron chi connectivity index (χ2n) is 3.89. The summed E-state index contributed by atoms with van der Waals surface area (Å²) < 4.78 is 12.7. The van der Waals surface area contributed by atoms with E-state index in [0.717, 1.165) is 12.3 Å². The van der Waals surface area contributed by atoms with Gasteiger partial charge >= 0.3 is 0 Å². The molecule has 0 aromatic heterocycles. The second-order valence-corrected chi connectivity index (χ2v) is 3.89. The number of halogens is 1. The van der Waals surface area contributed by atoms with Gasteiger partial charge in [0.15, 0.2) is 0 Å². The van der Waals surface area contributed by atoms with Crippen molar-refractivity contribution in [3.05, 3.63) is 35.6 Å². The van der Waals surface area contributed by atoms with Crippen molar-refractivity contribution in [3.63, 3.8) is 0 Å². The number of benzene rings is 1. The van der Waals surface area contributed by atoms with Gasteiger partial charge < -0.3 is 0 Å². The summed E-state index contributed by atoms with van der Waals surface area (Å²) in [7, 11) is 0. The van der Waals surface area contributed by atoms with Gasteiger partial charge in [0, 0.05) is 0 Å². The zero-order valence-electron chi connectivity index (χ0n) is 9.09. The van der Waals surface area contributed by atoms with Crippen LogP contribution in [0.25, 0.3) is 0 Å². The Kier molecular flexibility index (Phi) is 4.64. The standard InChI is InChI=1S/C13H19F/c1-3-5-11(4-2)10-12-6-8-13(14)9-7-12/h6-9,11H,3-5,10H2,1-2H3. The molecule has 1 atom stereocenters. The highest BCUT2D eigenvalue weighted by Crippen LogP contribution is 2.17. The highest BCUT2D eigenvalue weighted by atomic mass is 19.1. The van der Waals surface area contributed by atoms with Gasteiger partial charge in [0.25, 0.3) is 0 Å². The maximum atomic E-state index is 12.7. The van der Waals surface area contributed by atoms with Gasteiger partial charge in [0.2, 0.25) is 0 Å². The van der Waals surface area contributed by atoms with Crippen LogP contribution in [0.1, 0.15) is 38.7 Å². The smallest absolute Gasteiger partial charge is 0.123 e. The Labute approximate surface area is 86.2 Å². The van der Waals surface area contributed by atoms with Gasteiger partial charge in [-0.2, -0.15) is 0 Å². The Morgan fingerprint density at radius 2 is 1.79 bits per heavy atom. The van der Waals surface area contributed by atoms with Gasteiger partial charge in [-0.25, -0.2) is 4.39 Å². The molecule has 0 amide bonds. The van der Waals surface area contributed by atoms with Crippen LogP contribution < -0.4 is 0 Å². The van der Waals surface area contributed by atoms with Crippen LogP contribution in [0.3, 0.4) is 0 Å². The second kappa shape index (κ2) is 5.79. The first-order valence-electron chi connectivity index (χ1n) is 5.50. The molecule has 14 heavy (non-hydrogen) atoms. The van der Waals surface area contributed by atoms with E-state index in [-0.39, 0.29) is 5.82 Å². The van der Waals surface area contributed by atoms with E-state index in [9.17, 15) is 4.39 Å². The molecule has 1 aromatic carbocycles. The molecular formula is C13H19F. The van der Waals surface area contributed by atoms with E-state index in [4.69, 9.17) is 0 Å². The van der Waals surface area contributed by atoms with E-state index < -0.39 is 0 Å². The van der Waals surface area contributed by atoms with Gasteiger partial charge in [0.05, 0.1) is 0 Å². The Balaban J connectivity index is 2.53. The molecular weight excluding hydrogens is 175 g/mol. The van der Waals surface area contributed by atoms with Crippen LogP contribution in [0.5, 0.6) is 0 Å². The molecule has 0 aliphatic rings. The van der Waals surface area contributed by atoms with Crippen molar-refractivity contribution in [1.29, 1.82) is 0 Å². The summed E-state index contributed by atoms with van der Waals surface area (Å²) in [5.74, 6) is 0.614. The lowest BCUT2D eigenvalue weighted by molar-refractivity contribution is 0.462. The fourth-order valence-electron chi connectivity index (χ4n) is 1.81. The van der Waals surface area contributed by atoms with Crippen molar-refractivity contribution >= 4 is 0 Å². The van der Waals surface area contributed by atoms with Crippen molar-refractivity contribution in [2.45, 2.75) is 39.5 Å². The van der Waals surface area contributed by atoms with Gasteiger partial charge in [0.1, 0.15) is 5.82 Å².